The molecule has 0 unspecified atom stereocenters. The highest BCUT2D eigenvalue weighted by Gasteiger charge is 2.13. The van der Waals surface area contributed by atoms with Crippen molar-refractivity contribution in [3.8, 4) is 5.69 Å². The standard InChI is InChI=1S/C20H19ClN4O2/c1-12-6-4-5-7-17(12)20(27)23-22-19(26)15-8-10-16(11-9-15)25-14(3)18(21)13(2)24-25/h4-11H,1-3H3,(H,22,26)(H,23,27). The summed E-state index contributed by atoms with van der Waals surface area (Å²) >= 11 is 6.17. The van der Waals surface area contributed by atoms with Crippen LogP contribution in [0, 0.1) is 20.8 Å². The number of halogens is 1. The molecular formula is C20H19ClN4O2. The minimum Gasteiger partial charge on any atom is -0.267 e. The lowest BCUT2D eigenvalue weighted by Gasteiger charge is -2.10. The number of amides is 2. The molecule has 1 heterocycles. The van der Waals surface area contributed by atoms with E-state index in [0.717, 1.165) is 22.6 Å². The molecule has 27 heavy (non-hydrogen) atoms. The monoisotopic (exact) mass is 382 g/mol. The maximum Gasteiger partial charge on any atom is 0.269 e. The largest absolute Gasteiger partial charge is 0.269 e. The van der Waals surface area contributed by atoms with E-state index in [9.17, 15) is 9.59 Å². The van der Waals surface area contributed by atoms with Crippen LogP contribution in [0.15, 0.2) is 48.5 Å². The van der Waals surface area contributed by atoms with E-state index in [0.29, 0.717) is 16.1 Å². The summed E-state index contributed by atoms with van der Waals surface area (Å²) in [7, 11) is 0. The van der Waals surface area contributed by atoms with Crippen LogP contribution < -0.4 is 10.9 Å². The van der Waals surface area contributed by atoms with Crippen LogP contribution in [0.4, 0.5) is 0 Å². The number of carbonyl (C=O) groups is 2. The fourth-order valence-electron chi connectivity index (χ4n) is 2.71. The third-order valence-corrected chi connectivity index (χ3v) is 4.80. The molecule has 0 aliphatic carbocycles. The van der Waals surface area contributed by atoms with E-state index in [2.05, 4.69) is 16.0 Å². The predicted molar refractivity (Wildman–Crippen MR) is 104 cm³/mol. The van der Waals surface area contributed by atoms with Gasteiger partial charge < -0.3 is 0 Å². The highest BCUT2D eigenvalue weighted by atomic mass is 35.5. The molecule has 1 aromatic heterocycles. The number of aromatic nitrogens is 2. The topological polar surface area (TPSA) is 76.0 Å². The number of nitrogens with zero attached hydrogens (tertiary/aromatic N) is 2. The van der Waals surface area contributed by atoms with Gasteiger partial charge in [-0.1, -0.05) is 29.8 Å². The molecule has 0 aliphatic heterocycles. The summed E-state index contributed by atoms with van der Waals surface area (Å²) < 4.78 is 1.72. The van der Waals surface area contributed by atoms with Crippen molar-refractivity contribution in [1.29, 1.82) is 0 Å². The zero-order valence-corrected chi connectivity index (χ0v) is 16.0. The van der Waals surface area contributed by atoms with Gasteiger partial charge in [0.15, 0.2) is 0 Å². The van der Waals surface area contributed by atoms with Gasteiger partial charge in [-0.3, -0.25) is 20.4 Å². The summed E-state index contributed by atoms with van der Waals surface area (Å²) in [4.78, 5) is 24.4. The lowest BCUT2D eigenvalue weighted by atomic mass is 10.1. The van der Waals surface area contributed by atoms with Gasteiger partial charge in [-0.15, -0.1) is 0 Å². The van der Waals surface area contributed by atoms with Crippen molar-refractivity contribution in [2.75, 3.05) is 0 Å². The first-order valence-corrected chi connectivity index (χ1v) is 8.74. The first-order valence-electron chi connectivity index (χ1n) is 8.37. The van der Waals surface area contributed by atoms with Crippen LogP contribution in [0.5, 0.6) is 0 Å². The summed E-state index contributed by atoms with van der Waals surface area (Å²) in [5.74, 6) is -0.773. The molecule has 0 spiro atoms. The Balaban J connectivity index is 1.68. The van der Waals surface area contributed by atoms with Crippen molar-refractivity contribution in [2.24, 2.45) is 0 Å². The minimum absolute atomic E-state index is 0.365. The van der Waals surface area contributed by atoms with Crippen LogP contribution in [-0.4, -0.2) is 21.6 Å². The number of aryl methyl sites for hydroxylation is 2. The Morgan fingerprint density at radius 2 is 1.56 bits per heavy atom. The molecule has 3 rings (SSSR count). The van der Waals surface area contributed by atoms with Crippen molar-refractivity contribution in [1.82, 2.24) is 20.6 Å². The van der Waals surface area contributed by atoms with Gasteiger partial charge >= 0.3 is 0 Å². The van der Waals surface area contributed by atoms with Crippen molar-refractivity contribution >= 4 is 23.4 Å². The fourth-order valence-corrected chi connectivity index (χ4v) is 2.83. The number of carbonyl (C=O) groups excluding carboxylic acids is 2. The Labute approximate surface area is 162 Å². The number of hydrogen-bond donors (Lipinski definition) is 2. The minimum atomic E-state index is -0.408. The van der Waals surface area contributed by atoms with Crippen LogP contribution in [0.2, 0.25) is 5.02 Å². The number of hydrazine groups is 1. The second kappa shape index (κ2) is 7.63. The Kier molecular flexibility index (Phi) is 5.28. The van der Waals surface area contributed by atoms with Gasteiger partial charge in [0.25, 0.3) is 11.8 Å². The quantitative estimate of drug-likeness (QED) is 0.680. The molecule has 0 fully saturated rings. The first-order chi connectivity index (χ1) is 12.9. The van der Waals surface area contributed by atoms with Gasteiger partial charge in [-0.05, 0) is 56.7 Å². The van der Waals surface area contributed by atoms with E-state index in [1.165, 1.54) is 0 Å². The highest BCUT2D eigenvalue weighted by Crippen LogP contribution is 2.22. The number of hydrogen-bond acceptors (Lipinski definition) is 3. The number of benzene rings is 2. The van der Waals surface area contributed by atoms with Gasteiger partial charge in [-0.25, -0.2) is 4.68 Å². The molecule has 2 aromatic carbocycles. The molecule has 6 nitrogen and oxygen atoms in total. The SMILES string of the molecule is Cc1ccccc1C(=O)NNC(=O)c1ccc(-n2nc(C)c(Cl)c2C)cc1. The summed E-state index contributed by atoms with van der Waals surface area (Å²) in [5, 5.41) is 5.00. The van der Waals surface area contributed by atoms with Crippen molar-refractivity contribution in [2.45, 2.75) is 20.8 Å². The molecule has 0 saturated carbocycles. The second-order valence-corrected chi connectivity index (χ2v) is 6.54. The van der Waals surface area contributed by atoms with E-state index >= 15 is 0 Å². The van der Waals surface area contributed by atoms with E-state index in [1.807, 2.05) is 32.9 Å². The van der Waals surface area contributed by atoms with E-state index < -0.39 is 5.91 Å². The zero-order chi connectivity index (χ0) is 19.6. The Hall–Kier alpha value is -3.12. The Bertz CT molecular complexity index is 1010. The predicted octanol–water partition coefficient (Wildman–Crippen LogP) is 3.53. The lowest BCUT2D eigenvalue weighted by molar-refractivity contribution is 0.0846. The number of nitrogens with one attached hydrogen (secondary N) is 2. The maximum atomic E-state index is 12.3. The first kappa shape index (κ1) is 18.7. The Morgan fingerprint density at radius 1 is 0.926 bits per heavy atom. The van der Waals surface area contributed by atoms with Crippen LogP contribution in [0.3, 0.4) is 0 Å². The highest BCUT2D eigenvalue weighted by molar-refractivity contribution is 6.31. The van der Waals surface area contributed by atoms with Gasteiger partial charge in [0, 0.05) is 11.1 Å². The molecule has 0 atom stereocenters. The van der Waals surface area contributed by atoms with Crippen LogP contribution in [0.1, 0.15) is 37.7 Å². The summed E-state index contributed by atoms with van der Waals surface area (Å²) in [5.41, 5.74) is 8.98. The Morgan fingerprint density at radius 3 is 2.15 bits per heavy atom. The molecule has 0 radical (unpaired) electrons. The van der Waals surface area contributed by atoms with E-state index in [4.69, 9.17) is 11.6 Å². The summed E-state index contributed by atoms with van der Waals surface area (Å²) in [6, 6.07) is 14.0. The lowest BCUT2D eigenvalue weighted by Crippen LogP contribution is -2.41. The van der Waals surface area contributed by atoms with Crippen molar-refractivity contribution in [3.63, 3.8) is 0 Å². The molecular weight excluding hydrogens is 364 g/mol. The van der Waals surface area contributed by atoms with E-state index in [1.54, 1.807) is 41.1 Å². The molecule has 0 aliphatic rings. The van der Waals surface area contributed by atoms with Crippen LogP contribution in [-0.2, 0) is 0 Å². The molecule has 0 saturated heterocycles. The van der Waals surface area contributed by atoms with E-state index in [-0.39, 0.29) is 5.91 Å². The zero-order valence-electron chi connectivity index (χ0n) is 15.2. The smallest absolute Gasteiger partial charge is 0.267 e. The van der Waals surface area contributed by atoms with Gasteiger partial charge in [0.1, 0.15) is 0 Å². The third kappa shape index (κ3) is 3.85. The molecule has 7 heteroatoms. The van der Waals surface area contributed by atoms with Gasteiger partial charge in [0.2, 0.25) is 0 Å². The summed E-state index contributed by atoms with van der Waals surface area (Å²) in [6.45, 7) is 5.55. The summed E-state index contributed by atoms with van der Waals surface area (Å²) in [6.07, 6.45) is 0. The van der Waals surface area contributed by atoms with Crippen LogP contribution >= 0.6 is 11.6 Å². The van der Waals surface area contributed by atoms with Gasteiger partial charge in [-0.2, -0.15) is 5.10 Å². The average molecular weight is 383 g/mol. The molecule has 138 valence electrons. The normalized spacial score (nSPS) is 10.5. The molecule has 2 N–H and O–H groups in total. The fraction of sp³-hybridized carbons (Fsp3) is 0.150. The molecule has 3 aromatic rings. The number of rotatable bonds is 3. The second-order valence-electron chi connectivity index (χ2n) is 6.17. The average Bonchev–Trinajstić information content (AvgIpc) is 2.93. The van der Waals surface area contributed by atoms with Gasteiger partial charge in [0.05, 0.1) is 22.1 Å². The van der Waals surface area contributed by atoms with Crippen molar-refractivity contribution < 1.29 is 9.59 Å². The third-order valence-electron chi connectivity index (χ3n) is 4.26. The molecule has 2 amide bonds. The molecule has 0 bridgehead atoms. The van der Waals surface area contributed by atoms with Crippen molar-refractivity contribution in [3.05, 3.63) is 81.6 Å². The van der Waals surface area contributed by atoms with Crippen LogP contribution in [0.25, 0.3) is 5.69 Å². The maximum absolute atomic E-state index is 12.3.